The second-order valence-electron chi connectivity index (χ2n) is 12.6. The summed E-state index contributed by atoms with van der Waals surface area (Å²) in [7, 11) is -2.29. The van der Waals surface area contributed by atoms with Crippen molar-refractivity contribution in [2.24, 2.45) is 0 Å². The van der Waals surface area contributed by atoms with E-state index >= 15 is 0 Å². The molecule has 6 aromatic carbocycles. The molecule has 1 aliphatic rings. The van der Waals surface area contributed by atoms with Crippen LogP contribution in [-0.2, 0) is 0 Å². The average molecular weight is 593 g/mol. The molecule has 9 aromatic rings. The van der Waals surface area contributed by atoms with Crippen LogP contribution >= 0.6 is 0 Å². The van der Waals surface area contributed by atoms with Gasteiger partial charge in [-0.05, 0) is 40.2 Å². The summed E-state index contributed by atoms with van der Waals surface area (Å²) in [5.74, 6) is 1.69. The van der Waals surface area contributed by atoms with E-state index in [1.54, 1.807) is 0 Å². The molecule has 4 nitrogen and oxygen atoms in total. The molecule has 0 atom stereocenters. The highest BCUT2D eigenvalue weighted by atomic mass is 28.3. The van der Waals surface area contributed by atoms with Gasteiger partial charge < -0.3 is 0 Å². The summed E-state index contributed by atoms with van der Waals surface area (Å²) < 4.78 is 4.67. The van der Waals surface area contributed by atoms with Crippen molar-refractivity contribution in [2.75, 3.05) is 0 Å². The summed E-state index contributed by atoms with van der Waals surface area (Å²) in [6.45, 7) is 4.95. The lowest BCUT2D eigenvalue weighted by atomic mass is 10.0. The maximum Gasteiger partial charge on any atom is 0.237 e. The molecule has 0 spiro atoms. The monoisotopic (exact) mass is 592 g/mol. The second kappa shape index (κ2) is 8.77. The fraction of sp³-hybridized carbons (Fsp3) is 0.0500. The summed E-state index contributed by atoms with van der Waals surface area (Å²) in [5.41, 5.74) is 6.86. The van der Waals surface area contributed by atoms with Crippen LogP contribution in [0.2, 0.25) is 13.1 Å². The van der Waals surface area contributed by atoms with E-state index in [1.807, 2.05) is 0 Å². The molecule has 10 rings (SSSR count). The standard InChI is InChI=1S/C40H28N4Si/c1-45(2)37-26-14-4-3-13-25(26)23-24-31(37)36-38(45)39(43-32-19-9-5-15-27(32)28-16-6-10-20-33(28)43)42-40(41-36)44-34-21-11-7-17-29(34)30-18-8-12-22-35(30)44/h3-24H,1-2H3. The van der Waals surface area contributed by atoms with Gasteiger partial charge in [0.15, 0.2) is 0 Å². The lowest BCUT2D eigenvalue weighted by molar-refractivity contribution is 0.961. The van der Waals surface area contributed by atoms with Crippen molar-refractivity contribution in [2.45, 2.75) is 13.1 Å². The van der Waals surface area contributed by atoms with Crippen molar-refractivity contribution in [3.8, 4) is 23.0 Å². The molecule has 0 unspecified atom stereocenters. The molecule has 0 N–H and O–H groups in total. The molecule has 3 aromatic heterocycles. The molecule has 5 heteroatoms. The van der Waals surface area contributed by atoms with Gasteiger partial charge in [-0.1, -0.05) is 122 Å². The topological polar surface area (TPSA) is 35.6 Å². The summed E-state index contributed by atoms with van der Waals surface area (Å²) in [5, 5.41) is 10.2. The minimum atomic E-state index is -2.29. The second-order valence-corrected chi connectivity index (χ2v) is 16.9. The maximum atomic E-state index is 5.64. The Labute approximate surface area is 260 Å². The Balaban J connectivity index is 1.41. The van der Waals surface area contributed by atoms with Gasteiger partial charge in [0.25, 0.3) is 0 Å². The van der Waals surface area contributed by atoms with Crippen LogP contribution in [0.3, 0.4) is 0 Å². The van der Waals surface area contributed by atoms with E-state index in [1.165, 1.54) is 59.3 Å². The molecule has 0 fully saturated rings. The van der Waals surface area contributed by atoms with Crippen molar-refractivity contribution in [1.29, 1.82) is 0 Å². The number of hydrogen-bond donors (Lipinski definition) is 0. The minimum Gasteiger partial charge on any atom is -0.294 e. The Morgan fingerprint density at radius 2 is 0.911 bits per heavy atom. The van der Waals surface area contributed by atoms with E-state index in [9.17, 15) is 0 Å². The Hall–Kier alpha value is -5.52. The number of aromatic nitrogens is 4. The van der Waals surface area contributed by atoms with Crippen LogP contribution in [0.4, 0.5) is 0 Å². The van der Waals surface area contributed by atoms with Crippen LogP contribution in [0, 0.1) is 0 Å². The average Bonchev–Trinajstić information content (AvgIpc) is 3.68. The maximum absolute atomic E-state index is 5.64. The first-order valence-electron chi connectivity index (χ1n) is 15.5. The molecule has 0 aliphatic carbocycles. The van der Waals surface area contributed by atoms with E-state index in [0.717, 1.165) is 22.5 Å². The van der Waals surface area contributed by atoms with Crippen molar-refractivity contribution in [3.63, 3.8) is 0 Å². The number of fused-ring (bicyclic) bond motifs is 11. The number of nitrogens with zero attached hydrogens (tertiary/aromatic N) is 4. The van der Waals surface area contributed by atoms with Gasteiger partial charge in [-0.2, -0.15) is 4.98 Å². The first kappa shape index (κ1) is 24.9. The molecule has 0 saturated carbocycles. The lowest BCUT2D eigenvalue weighted by Gasteiger charge is -2.24. The van der Waals surface area contributed by atoms with Crippen LogP contribution in [0.15, 0.2) is 133 Å². The van der Waals surface area contributed by atoms with E-state index in [-0.39, 0.29) is 0 Å². The van der Waals surface area contributed by atoms with E-state index in [4.69, 9.17) is 9.97 Å². The van der Waals surface area contributed by atoms with E-state index in [0.29, 0.717) is 5.95 Å². The zero-order valence-corrected chi connectivity index (χ0v) is 26.0. The van der Waals surface area contributed by atoms with Gasteiger partial charge in [0.2, 0.25) is 5.95 Å². The number of para-hydroxylation sites is 4. The summed E-state index contributed by atoms with van der Waals surface area (Å²) >= 11 is 0. The Morgan fingerprint density at radius 3 is 1.47 bits per heavy atom. The molecule has 0 radical (unpaired) electrons. The fourth-order valence-electron chi connectivity index (χ4n) is 8.03. The highest BCUT2D eigenvalue weighted by molar-refractivity contribution is 7.05. The molecule has 45 heavy (non-hydrogen) atoms. The third kappa shape index (κ3) is 3.20. The van der Waals surface area contributed by atoms with Gasteiger partial charge in [-0.25, -0.2) is 4.98 Å². The summed E-state index contributed by atoms with van der Waals surface area (Å²) in [6, 6.07) is 48.1. The van der Waals surface area contributed by atoms with Crippen LogP contribution in [0.5, 0.6) is 0 Å². The van der Waals surface area contributed by atoms with Crippen LogP contribution in [0.25, 0.3) is 77.4 Å². The Kier molecular flexibility index (Phi) is 4.85. The number of benzene rings is 6. The van der Waals surface area contributed by atoms with Crippen molar-refractivity contribution in [3.05, 3.63) is 133 Å². The van der Waals surface area contributed by atoms with Gasteiger partial charge in [-0.3, -0.25) is 9.13 Å². The minimum absolute atomic E-state index is 0.703. The number of rotatable bonds is 2. The lowest BCUT2D eigenvalue weighted by Crippen LogP contribution is -2.51. The zero-order valence-electron chi connectivity index (χ0n) is 25.0. The Bertz CT molecular complexity index is 2590. The molecule has 212 valence electrons. The zero-order chi connectivity index (χ0) is 29.9. The van der Waals surface area contributed by atoms with Crippen LogP contribution < -0.4 is 10.4 Å². The first-order valence-corrected chi connectivity index (χ1v) is 18.5. The smallest absolute Gasteiger partial charge is 0.237 e. The molecule has 1 aliphatic heterocycles. The molecule has 0 saturated heterocycles. The molecule has 4 heterocycles. The highest BCUT2D eigenvalue weighted by Gasteiger charge is 2.44. The molecular weight excluding hydrogens is 565 g/mol. The van der Waals surface area contributed by atoms with Crippen molar-refractivity contribution in [1.82, 2.24) is 19.1 Å². The van der Waals surface area contributed by atoms with E-state index < -0.39 is 8.07 Å². The highest BCUT2D eigenvalue weighted by Crippen LogP contribution is 2.38. The van der Waals surface area contributed by atoms with Crippen LogP contribution in [0.1, 0.15) is 0 Å². The SMILES string of the molecule is C[Si]1(C)c2c(nc(-n3c4ccccc4c4ccccc43)nc2-n2c3ccccc3c3ccccc32)-c2ccc3ccccc3c21. The Morgan fingerprint density at radius 1 is 0.444 bits per heavy atom. The van der Waals surface area contributed by atoms with Crippen LogP contribution in [-0.4, -0.2) is 27.2 Å². The van der Waals surface area contributed by atoms with Crippen molar-refractivity contribution < 1.29 is 0 Å². The van der Waals surface area contributed by atoms with Gasteiger partial charge in [0.1, 0.15) is 13.9 Å². The van der Waals surface area contributed by atoms with Gasteiger partial charge in [0.05, 0.1) is 27.8 Å². The van der Waals surface area contributed by atoms with Gasteiger partial charge in [-0.15, -0.1) is 0 Å². The molecule has 0 bridgehead atoms. The fourth-order valence-corrected chi connectivity index (χ4v) is 11.6. The van der Waals surface area contributed by atoms with Crippen molar-refractivity contribution >= 4 is 72.8 Å². The predicted octanol–water partition coefficient (Wildman–Crippen LogP) is 8.63. The normalized spacial score (nSPS) is 13.7. The van der Waals surface area contributed by atoms with Gasteiger partial charge >= 0.3 is 0 Å². The molecule has 0 amide bonds. The number of hydrogen-bond acceptors (Lipinski definition) is 2. The first-order chi connectivity index (χ1) is 22.1. The largest absolute Gasteiger partial charge is 0.294 e. The summed E-state index contributed by atoms with van der Waals surface area (Å²) in [6.07, 6.45) is 0. The predicted molar refractivity (Wildman–Crippen MR) is 190 cm³/mol. The quantitative estimate of drug-likeness (QED) is 0.188. The van der Waals surface area contributed by atoms with Gasteiger partial charge in [0, 0.05) is 32.3 Å². The van der Waals surface area contributed by atoms with E-state index in [2.05, 4.69) is 156 Å². The third-order valence-electron chi connectivity index (χ3n) is 9.88. The summed E-state index contributed by atoms with van der Waals surface area (Å²) in [4.78, 5) is 11.2. The third-order valence-corrected chi connectivity index (χ3v) is 13.4. The molecular formula is C40H28N4Si.